The molecule has 0 amide bonds. The van der Waals surface area contributed by atoms with E-state index in [0.29, 0.717) is 23.1 Å². The second-order valence-corrected chi connectivity index (χ2v) is 10.6. The predicted molar refractivity (Wildman–Crippen MR) is 132 cm³/mol. The molecule has 1 N–H and O–H groups in total. The van der Waals surface area contributed by atoms with Crippen LogP contribution in [-0.2, 0) is 29.4 Å². The monoisotopic (exact) mass is 490 g/mol. The zero-order chi connectivity index (χ0) is 24.7. The smallest absolute Gasteiger partial charge is 0.335 e. The van der Waals surface area contributed by atoms with Crippen LogP contribution in [-0.4, -0.2) is 24.5 Å². The van der Waals surface area contributed by atoms with Crippen LogP contribution in [0.5, 0.6) is 0 Å². The van der Waals surface area contributed by atoms with Crippen LogP contribution in [0, 0.1) is 12.7 Å². The number of aromatic carboxylic acids is 1. The van der Waals surface area contributed by atoms with Crippen molar-refractivity contribution in [3.05, 3.63) is 100 Å². The van der Waals surface area contributed by atoms with Gasteiger partial charge in [-0.2, -0.15) is 0 Å². The van der Waals surface area contributed by atoms with Gasteiger partial charge in [-0.25, -0.2) is 26.9 Å². The minimum Gasteiger partial charge on any atom is -0.478 e. The number of pyridine rings is 1. The van der Waals surface area contributed by atoms with Crippen LogP contribution in [0.15, 0.2) is 71.8 Å². The number of aromatic nitrogens is 1. The fourth-order valence-corrected chi connectivity index (χ4v) is 6.16. The molecule has 5 rings (SSSR count). The molecule has 8 heteroatoms. The molecule has 0 radical (unpaired) electrons. The first kappa shape index (κ1) is 23.0. The largest absolute Gasteiger partial charge is 0.478 e. The molecule has 6 nitrogen and oxygen atoms in total. The zero-order valence-corrected chi connectivity index (χ0v) is 19.8. The van der Waals surface area contributed by atoms with E-state index in [9.17, 15) is 22.7 Å². The number of sulfonamides is 1. The highest BCUT2D eigenvalue weighted by Crippen LogP contribution is 2.33. The fourth-order valence-electron chi connectivity index (χ4n) is 4.69. The molecule has 4 aromatic rings. The van der Waals surface area contributed by atoms with E-state index >= 15 is 0 Å². The molecule has 178 valence electrons. The second-order valence-electron chi connectivity index (χ2n) is 8.70. The molecule has 0 spiro atoms. The number of carboxylic acids is 1. The Labute approximate surface area is 202 Å². The minimum absolute atomic E-state index is 0.0174. The molecule has 1 aliphatic rings. The number of halogens is 1. The molecule has 0 unspecified atom stereocenters. The summed E-state index contributed by atoms with van der Waals surface area (Å²) in [6.07, 6.45) is 3.94. The third kappa shape index (κ3) is 4.14. The van der Waals surface area contributed by atoms with E-state index in [1.54, 1.807) is 6.20 Å². The lowest BCUT2D eigenvalue weighted by molar-refractivity contribution is 0.0696. The van der Waals surface area contributed by atoms with Crippen molar-refractivity contribution >= 4 is 32.6 Å². The second kappa shape index (κ2) is 8.78. The third-order valence-electron chi connectivity index (χ3n) is 6.50. The van der Waals surface area contributed by atoms with Crippen molar-refractivity contribution in [1.29, 1.82) is 0 Å². The first-order chi connectivity index (χ1) is 16.8. The van der Waals surface area contributed by atoms with Gasteiger partial charge in [-0.05, 0) is 78.6 Å². The van der Waals surface area contributed by atoms with Crippen molar-refractivity contribution in [1.82, 2.24) is 4.98 Å². The summed E-state index contributed by atoms with van der Waals surface area (Å²) in [6.45, 7) is 1.70. The Morgan fingerprint density at radius 1 is 1.09 bits per heavy atom. The maximum absolute atomic E-state index is 14.8. The summed E-state index contributed by atoms with van der Waals surface area (Å²) in [6, 6.07) is 15.9. The number of hydrogen-bond acceptors (Lipinski definition) is 4. The van der Waals surface area contributed by atoms with Gasteiger partial charge in [-0.15, -0.1) is 0 Å². The molecule has 35 heavy (non-hydrogen) atoms. The Kier molecular flexibility index (Phi) is 5.76. The first-order valence-electron chi connectivity index (χ1n) is 11.3. The SMILES string of the molecule is Cc1c(N(Cc2cc(F)c3c(c2)CCC3)S(=O)(=O)c2ccc(C(=O)O)cc2)ncc2ccccc12. The normalized spacial score (nSPS) is 13.1. The number of aryl methyl sites for hydroxylation is 2. The highest BCUT2D eigenvalue weighted by atomic mass is 32.2. The summed E-state index contributed by atoms with van der Waals surface area (Å²) in [4.78, 5) is 15.7. The van der Waals surface area contributed by atoms with E-state index in [0.717, 1.165) is 29.2 Å². The predicted octanol–water partition coefficient (Wildman–Crippen LogP) is 5.26. The van der Waals surface area contributed by atoms with Crippen molar-refractivity contribution in [2.45, 2.75) is 37.6 Å². The lowest BCUT2D eigenvalue weighted by Gasteiger charge is -2.26. The van der Waals surface area contributed by atoms with Crippen LogP contribution in [0.3, 0.4) is 0 Å². The van der Waals surface area contributed by atoms with Gasteiger partial charge in [0.05, 0.1) is 17.0 Å². The molecular formula is C27H23FN2O4S. The quantitative estimate of drug-likeness (QED) is 0.398. The Morgan fingerprint density at radius 3 is 2.57 bits per heavy atom. The lowest BCUT2D eigenvalue weighted by Crippen LogP contribution is -2.32. The number of anilines is 1. The highest BCUT2D eigenvalue weighted by molar-refractivity contribution is 7.92. The molecule has 0 atom stereocenters. The first-order valence-corrected chi connectivity index (χ1v) is 12.7. The Bertz CT molecular complexity index is 1570. The van der Waals surface area contributed by atoms with Gasteiger partial charge in [-0.3, -0.25) is 0 Å². The number of benzene rings is 3. The maximum atomic E-state index is 14.8. The Hall–Kier alpha value is -3.78. The van der Waals surface area contributed by atoms with E-state index in [1.807, 2.05) is 37.3 Å². The van der Waals surface area contributed by atoms with E-state index in [4.69, 9.17) is 0 Å². The van der Waals surface area contributed by atoms with E-state index in [-0.39, 0.29) is 28.6 Å². The summed E-state index contributed by atoms with van der Waals surface area (Å²) in [5.41, 5.74) is 2.80. The van der Waals surface area contributed by atoms with Crippen molar-refractivity contribution in [2.24, 2.45) is 0 Å². The van der Waals surface area contributed by atoms with Gasteiger partial charge < -0.3 is 5.11 Å². The van der Waals surface area contributed by atoms with Crippen LogP contribution in [0.4, 0.5) is 10.2 Å². The molecule has 0 saturated heterocycles. The average Bonchev–Trinajstić information content (AvgIpc) is 3.33. The van der Waals surface area contributed by atoms with Crippen molar-refractivity contribution in [3.8, 4) is 0 Å². The molecule has 0 aliphatic heterocycles. The van der Waals surface area contributed by atoms with Gasteiger partial charge in [0.15, 0.2) is 0 Å². The van der Waals surface area contributed by atoms with Crippen molar-refractivity contribution in [3.63, 3.8) is 0 Å². The summed E-state index contributed by atoms with van der Waals surface area (Å²) in [5, 5.41) is 10.9. The van der Waals surface area contributed by atoms with Crippen molar-refractivity contribution < 1.29 is 22.7 Å². The number of hydrogen-bond donors (Lipinski definition) is 1. The minimum atomic E-state index is -4.16. The van der Waals surface area contributed by atoms with Gasteiger partial charge in [0.1, 0.15) is 11.6 Å². The number of carboxylic acid groups (broad SMARTS) is 1. The molecule has 1 aliphatic carbocycles. The van der Waals surface area contributed by atoms with E-state index < -0.39 is 16.0 Å². The van der Waals surface area contributed by atoms with Gasteiger partial charge in [0, 0.05) is 17.1 Å². The molecule has 0 fully saturated rings. The average molecular weight is 491 g/mol. The fraction of sp³-hybridized carbons (Fsp3) is 0.185. The topological polar surface area (TPSA) is 87.6 Å². The molecule has 1 heterocycles. The van der Waals surface area contributed by atoms with Crippen LogP contribution >= 0.6 is 0 Å². The van der Waals surface area contributed by atoms with Gasteiger partial charge in [-0.1, -0.05) is 30.3 Å². The molecule has 3 aromatic carbocycles. The number of nitrogens with zero attached hydrogens (tertiary/aromatic N) is 2. The zero-order valence-electron chi connectivity index (χ0n) is 19.0. The number of carbonyl (C=O) groups is 1. The molecule has 0 bridgehead atoms. The Morgan fingerprint density at radius 2 is 1.83 bits per heavy atom. The summed E-state index contributed by atoms with van der Waals surface area (Å²) < 4.78 is 43.7. The number of fused-ring (bicyclic) bond motifs is 2. The van der Waals surface area contributed by atoms with Crippen LogP contribution in [0.2, 0.25) is 0 Å². The lowest BCUT2D eigenvalue weighted by atomic mass is 10.1. The standard InChI is InChI=1S/C27H23FN2O4S/c1-17-23-7-3-2-5-21(23)15-29-26(17)30(16-18-13-20-6-4-8-24(20)25(28)14-18)35(33,34)22-11-9-19(10-12-22)27(31)32/h2-3,5,7,9-15H,4,6,8,16H2,1H3,(H,31,32). The molecule has 0 saturated carbocycles. The third-order valence-corrected chi connectivity index (χ3v) is 8.25. The van der Waals surface area contributed by atoms with Gasteiger partial charge in [0.2, 0.25) is 0 Å². The maximum Gasteiger partial charge on any atom is 0.335 e. The van der Waals surface area contributed by atoms with Crippen LogP contribution < -0.4 is 4.31 Å². The molecular weight excluding hydrogens is 467 g/mol. The number of rotatable bonds is 6. The van der Waals surface area contributed by atoms with Gasteiger partial charge >= 0.3 is 5.97 Å². The van der Waals surface area contributed by atoms with E-state index in [1.165, 1.54) is 34.6 Å². The molecule has 1 aromatic heterocycles. The summed E-state index contributed by atoms with van der Waals surface area (Å²) >= 11 is 0. The van der Waals surface area contributed by atoms with E-state index in [2.05, 4.69) is 4.98 Å². The summed E-state index contributed by atoms with van der Waals surface area (Å²) in [5.74, 6) is -1.22. The summed E-state index contributed by atoms with van der Waals surface area (Å²) in [7, 11) is -4.16. The van der Waals surface area contributed by atoms with Crippen molar-refractivity contribution in [2.75, 3.05) is 4.31 Å². The van der Waals surface area contributed by atoms with Crippen LogP contribution in [0.1, 0.15) is 39.0 Å². The van der Waals surface area contributed by atoms with Gasteiger partial charge in [0.25, 0.3) is 10.0 Å². The highest BCUT2D eigenvalue weighted by Gasteiger charge is 2.29. The van der Waals surface area contributed by atoms with Crippen LogP contribution in [0.25, 0.3) is 10.8 Å². The Balaban J connectivity index is 1.65.